The standard InChI is InChI=1S/C17H30N2OS/c1-4-19(11-16-6-5-9-21-16)13-17(7-8-20-14-17)12-18-10-15(2)3/h5-6,9,15,18H,4,7-8,10-14H2,1-3H3. The van der Waals surface area contributed by atoms with Crippen molar-refractivity contribution in [2.45, 2.75) is 33.7 Å². The minimum Gasteiger partial charge on any atom is -0.381 e. The minimum atomic E-state index is 0.294. The van der Waals surface area contributed by atoms with Crippen LogP contribution < -0.4 is 5.32 Å². The van der Waals surface area contributed by atoms with E-state index in [0.29, 0.717) is 11.3 Å². The predicted molar refractivity (Wildman–Crippen MR) is 90.8 cm³/mol. The van der Waals surface area contributed by atoms with Gasteiger partial charge in [0.1, 0.15) is 0 Å². The molecule has 0 aromatic carbocycles. The van der Waals surface area contributed by atoms with E-state index in [0.717, 1.165) is 45.9 Å². The van der Waals surface area contributed by atoms with Gasteiger partial charge in [0.25, 0.3) is 0 Å². The van der Waals surface area contributed by atoms with Crippen LogP contribution in [0.4, 0.5) is 0 Å². The Morgan fingerprint density at radius 1 is 1.48 bits per heavy atom. The molecule has 1 N–H and O–H groups in total. The molecule has 1 fully saturated rings. The lowest BCUT2D eigenvalue weighted by molar-refractivity contribution is 0.107. The number of nitrogens with zero attached hydrogens (tertiary/aromatic N) is 1. The molecule has 21 heavy (non-hydrogen) atoms. The van der Waals surface area contributed by atoms with Gasteiger partial charge in [0.2, 0.25) is 0 Å². The second-order valence-corrected chi connectivity index (χ2v) is 7.74. The van der Waals surface area contributed by atoms with Gasteiger partial charge < -0.3 is 10.1 Å². The maximum Gasteiger partial charge on any atom is 0.0547 e. The van der Waals surface area contributed by atoms with Crippen LogP contribution in [0.3, 0.4) is 0 Å². The lowest BCUT2D eigenvalue weighted by Gasteiger charge is -2.34. The van der Waals surface area contributed by atoms with Gasteiger partial charge in [-0.05, 0) is 36.9 Å². The van der Waals surface area contributed by atoms with E-state index in [4.69, 9.17) is 4.74 Å². The molecule has 1 aliphatic heterocycles. The fourth-order valence-electron chi connectivity index (χ4n) is 2.97. The van der Waals surface area contributed by atoms with Crippen molar-refractivity contribution >= 4 is 11.3 Å². The van der Waals surface area contributed by atoms with Gasteiger partial charge in [0.05, 0.1) is 6.61 Å². The van der Waals surface area contributed by atoms with Crippen molar-refractivity contribution in [3.63, 3.8) is 0 Å². The largest absolute Gasteiger partial charge is 0.381 e. The quantitative estimate of drug-likeness (QED) is 0.758. The molecular weight excluding hydrogens is 280 g/mol. The average molecular weight is 311 g/mol. The summed E-state index contributed by atoms with van der Waals surface area (Å²) in [5.74, 6) is 0.706. The SMILES string of the molecule is CCN(Cc1cccs1)CC1(CNCC(C)C)CCOC1. The molecule has 0 spiro atoms. The third-order valence-corrected chi connectivity index (χ3v) is 5.06. The summed E-state index contributed by atoms with van der Waals surface area (Å²) in [5.41, 5.74) is 0.294. The Labute approximate surface area is 133 Å². The topological polar surface area (TPSA) is 24.5 Å². The van der Waals surface area contributed by atoms with Crippen LogP contribution in [0.5, 0.6) is 0 Å². The number of rotatable bonds is 9. The number of hydrogen-bond acceptors (Lipinski definition) is 4. The summed E-state index contributed by atoms with van der Waals surface area (Å²) < 4.78 is 5.73. The molecule has 120 valence electrons. The van der Waals surface area contributed by atoms with Crippen molar-refractivity contribution < 1.29 is 4.74 Å². The molecule has 0 bridgehead atoms. The van der Waals surface area contributed by atoms with Crippen LogP contribution in [0.2, 0.25) is 0 Å². The van der Waals surface area contributed by atoms with Crippen LogP contribution in [0.1, 0.15) is 32.1 Å². The summed E-state index contributed by atoms with van der Waals surface area (Å²) in [7, 11) is 0. The van der Waals surface area contributed by atoms with E-state index in [1.807, 2.05) is 11.3 Å². The summed E-state index contributed by atoms with van der Waals surface area (Å²) in [6.45, 7) is 14.1. The van der Waals surface area contributed by atoms with Gasteiger partial charge in [-0.2, -0.15) is 0 Å². The zero-order valence-corrected chi connectivity index (χ0v) is 14.5. The van der Waals surface area contributed by atoms with Gasteiger partial charge in [-0.1, -0.05) is 26.8 Å². The number of hydrogen-bond donors (Lipinski definition) is 1. The van der Waals surface area contributed by atoms with Crippen molar-refractivity contribution in [2.75, 3.05) is 39.4 Å². The normalized spacial score (nSPS) is 22.5. The number of thiophene rings is 1. The smallest absolute Gasteiger partial charge is 0.0547 e. The Balaban J connectivity index is 1.90. The van der Waals surface area contributed by atoms with Crippen LogP contribution in [0.15, 0.2) is 17.5 Å². The fourth-order valence-corrected chi connectivity index (χ4v) is 3.72. The highest BCUT2D eigenvalue weighted by molar-refractivity contribution is 7.09. The highest BCUT2D eigenvalue weighted by Gasteiger charge is 2.36. The Morgan fingerprint density at radius 3 is 2.90 bits per heavy atom. The summed E-state index contributed by atoms with van der Waals surface area (Å²) in [4.78, 5) is 4.03. The minimum absolute atomic E-state index is 0.294. The molecule has 1 aliphatic rings. The molecule has 1 atom stereocenters. The number of ether oxygens (including phenoxy) is 1. The van der Waals surface area contributed by atoms with Crippen molar-refractivity contribution in [1.82, 2.24) is 10.2 Å². The van der Waals surface area contributed by atoms with E-state index in [1.165, 1.54) is 11.3 Å². The Kier molecular flexibility index (Phi) is 6.68. The first-order chi connectivity index (χ1) is 10.1. The van der Waals surface area contributed by atoms with Crippen molar-refractivity contribution in [2.24, 2.45) is 11.3 Å². The highest BCUT2D eigenvalue weighted by atomic mass is 32.1. The lowest BCUT2D eigenvalue weighted by atomic mass is 9.86. The molecule has 0 aliphatic carbocycles. The lowest BCUT2D eigenvalue weighted by Crippen LogP contribution is -2.45. The molecule has 0 amide bonds. The van der Waals surface area contributed by atoms with Crippen molar-refractivity contribution in [3.8, 4) is 0 Å². The van der Waals surface area contributed by atoms with E-state index in [9.17, 15) is 0 Å². The summed E-state index contributed by atoms with van der Waals surface area (Å²) in [6, 6.07) is 4.38. The van der Waals surface area contributed by atoms with Crippen LogP contribution in [-0.4, -0.2) is 44.3 Å². The molecule has 1 saturated heterocycles. The van der Waals surface area contributed by atoms with Gasteiger partial charge >= 0.3 is 0 Å². The van der Waals surface area contributed by atoms with E-state index < -0.39 is 0 Å². The maximum absolute atomic E-state index is 5.73. The first kappa shape index (κ1) is 16.9. The average Bonchev–Trinajstić information content (AvgIpc) is 3.10. The van der Waals surface area contributed by atoms with Crippen LogP contribution >= 0.6 is 11.3 Å². The monoisotopic (exact) mass is 310 g/mol. The summed E-state index contributed by atoms with van der Waals surface area (Å²) in [6.07, 6.45) is 1.18. The summed E-state index contributed by atoms with van der Waals surface area (Å²) in [5, 5.41) is 5.82. The summed E-state index contributed by atoms with van der Waals surface area (Å²) >= 11 is 1.86. The highest BCUT2D eigenvalue weighted by Crippen LogP contribution is 2.30. The molecule has 2 heterocycles. The fraction of sp³-hybridized carbons (Fsp3) is 0.765. The second-order valence-electron chi connectivity index (χ2n) is 6.71. The first-order valence-corrected chi connectivity index (χ1v) is 9.05. The van der Waals surface area contributed by atoms with Crippen molar-refractivity contribution in [3.05, 3.63) is 22.4 Å². The molecule has 3 nitrogen and oxygen atoms in total. The molecule has 0 saturated carbocycles. The predicted octanol–water partition coefficient (Wildman–Crippen LogP) is 3.22. The van der Waals surface area contributed by atoms with E-state index >= 15 is 0 Å². The van der Waals surface area contributed by atoms with Crippen molar-refractivity contribution in [1.29, 1.82) is 0 Å². The van der Waals surface area contributed by atoms with E-state index in [1.54, 1.807) is 0 Å². The van der Waals surface area contributed by atoms with Gasteiger partial charge in [0, 0.05) is 36.5 Å². The first-order valence-electron chi connectivity index (χ1n) is 8.17. The van der Waals surface area contributed by atoms with E-state index in [2.05, 4.69) is 48.5 Å². The van der Waals surface area contributed by atoms with Gasteiger partial charge in [-0.15, -0.1) is 11.3 Å². The molecule has 2 rings (SSSR count). The van der Waals surface area contributed by atoms with Gasteiger partial charge in [-0.25, -0.2) is 0 Å². The Morgan fingerprint density at radius 2 is 2.33 bits per heavy atom. The molecule has 0 radical (unpaired) electrons. The molecular formula is C17H30N2OS. The molecule has 4 heteroatoms. The third-order valence-electron chi connectivity index (χ3n) is 4.20. The van der Waals surface area contributed by atoms with Crippen LogP contribution in [-0.2, 0) is 11.3 Å². The van der Waals surface area contributed by atoms with Gasteiger partial charge in [-0.3, -0.25) is 4.90 Å². The maximum atomic E-state index is 5.73. The Hall–Kier alpha value is -0.420. The third kappa shape index (κ3) is 5.37. The molecule has 1 aromatic heterocycles. The van der Waals surface area contributed by atoms with Crippen LogP contribution in [0, 0.1) is 11.3 Å². The number of nitrogens with one attached hydrogen (secondary N) is 1. The second kappa shape index (κ2) is 8.28. The molecule has 1 unspecified atom stereocenters. The van der Waals surface area contributed by atoms with E-state index in [-0.39, 0.29) is 0 Å². The van der Waals surface area contributed by atoms with Gasteiger partial charge in [0.15, 0.2) is 0 Å². The Bertz CT molecular complexity index is 386. The van der Waals surface area contributed by atoms with Crippen LogP contribution in [0.25, 0.3) is 0 Å². The zero-order chi connectivity index (χ0) is 15.1. The zero-order valence-electron chi connectivity index (χ0n) is 13.7. The molecule has 1 aromatic rings.